The summed E-state index contributed by atoms with van der Waals surface area (Å²) in [7, 11) is 0. The zero-order valence-corrected chi connectivity index (χ0v) is 12.8. The van der Waals surface area contributed by atoms with Gasteiger partial charge in [0.05, 0.1) is 9.80 Å². The number of hydrogen-bond donors (Lipinski definition) is 0. The number of imidazole rings is 1. The van der Waals surface area contributed by atoms with Gasteiger partial charge in [-0.25, -0.2) is 9.97 Å². The van der Waals surface area contributed by atoms with Crippen LogP contribution in [0.15, 0.2) is 53.7 Å². The lowest BCUT2D eigenvalue weighted by Gasteiger charge is -2.01. The summed E-state index contributed by atoms with van der Waals surface area (Å²) in [5, 5.41) is 14.7. The van der Waals surface area contributed by atoms with Gasteiger partial charge in [-0.05, 0) is 18.2 Å². The highest BCUT2D eigenvalue weighted by atomic mass is 32.1. The molecule has 4 rings (SSSR count). The van der Waals surface area contributed by atoms with Crippen LogP contribution in [-0.2, 0) is 0 Å². The molecule has 4 heterocycles. The number of nitrogens with zero attached hydrogens (tertiary/aromatic N) is 6. The first-order valence-corrected chi connectivity index (χ1v) is 7.55. The molecule has 10 heteroatoms. The molecule has 0 saturated heterocycles. The smallest absolute Gasteiger partial charge is 0.324 e. The monoisotopic (exact) mass is 340 g/mol. The summed E-state index contributed by atoms with van der Waals surface area (Å²) in [5.74, 6) is 1.29. The average molecular weight is 340 g/mol. The fourth-order valence-corrected chi connectivity index (χ4v) is 2.82. The minimum Gasteiger partial charge on any atom is -0.333 e. The highest BCUT2D eigenvalue weighted by Gasteiger charge is 2.17. The van der Waals surface area contributed by atoms with Gasteiger partial charge in [0.1, 0.15) is 12.1 Å². The first kappa shape index (κ1) is 14.2. The van der Waals surface area contributed by atoms with E-state index in [9.17, 15) is 10.1 Å². The Morgan fingerprint density at radius 1 is 1.25 bits per heavy atom. The van der Waals surface area contributed by atoms with Crippen LogP contribution in [0.1, 0.15) is 0 Å². The molecule has 0 bridgehead atoms. The largest absolute Gasteiger partial charge is 0.333 e. The molecular formula is C14H8N6O3S. The van der Waals surface area contributed by atoms with Gasteiger partial charge in [0.25, 0.3) is 5.89 Å². The molecule has 24 heavy (non-hydrogen) atoms. The maximum atomic E-state index is 10.8. The van der Waals surface area contributed by atoms with Crippen molar-refractivity contribution in [3.8, 4) is 28.0 Å². The van der Waals surface area contributed by atoms with Crippen LogP contribution >= 0.6 is 11.3 Å². The number of thiophene rings is 1. The van der Waals surface area contributed by atoms with Gasteiger partial charge in [-0.1, -0.05) is 16.5 Å². The molecule has 118 valence electrons. The lowest BCUT2D eigenvalue weighted by molar-refractivity contribution is -0.380. The van der Waals surface area contributed by atoms with Crippen molar-refractivity contribution < 1.29 is 9.45 Å². The first-order chi connectivity index (χ1) is 11.7. The summed E-state index contributed by atoms with van der Waals surface area (Å²) < 4.78 is 6.97. The van der Waals surface area contributed by atoms with Gasteiger partial charge in [0.2, 0.25) is 5.82 Å². The summed E-state index contributed by atoms with van der Waals surface area (Å²) in [5.41, 5.74) is 0.717. The van der Waals surface area contributed by atoms with E-state index in [1.807, 2.05) is 0 Å². The van der Waals surface area contributed by atoms with Crippen LogP contribution in [0.25, 0.3) is 28.0 Å². The minimum atomic E-state index is -0.453. The molecule has 0 atom stereocenters. The van der Waals surface area contributed by atoms with E-state index in [-0.39, 0.29) is 10.9 Å². The Labute approximate surface area is 138 Å². The Kier molecular flexibility index (Phi) is 3.35. The Morgan fingerprint density at radius 3 is 2.92 bits per heavy atom. The summed E-state index contributed by atoms with van der Waals surface area (Å²) in [6.07, 6.45) is 6.71. The maximum Gasteiger partial charge on any atom is 0.324 e. The molecule has 0 N–H and O–H groups in total. The third kappa shape index (κ3) is 2.54. The zero-order valence-electron chi connectivity index (χ0n) is 11.9. The first-order valence-electron chi connectivity index (χ1n) is 6.74. The van der Waals surface area contributed by atoms with E-state index in [1.165, 1.54) is 6.07 Å². The fourth-order valence-electron chi connectivity index (χ4n) is 2.07. The highest BCUT2D eigenvalue weighted by molar-refractivity contribution is 7.18. The molecular weight excluding hydrogens is 332 g/mol. The number of rotatable bonds is 4. The third-order valence-corrected chi connectivity index (χ3v) is 4.21. The van der Waals surface area contributed by atoms with E-state index in [0.29, 0.717) is 16.5 Å². The van der Waals surface area contributed by atoms with Gasteiger partial charge in [-0.15, -0.1) is 0 Å². The maximum absolute atomic E-state index is 10.8. The SMILES string of the molecule is O=[N+]([O-])c1ccc(-c2nc(-c3ccnc(-n4ccnc4)c3)no2)s1. The second-order valence-corrected chi connectivity index (χ2v) is 5.75. The molecule has 0 fully saturated rings. The predicted molar refractivity (Wildman–Crippen MR) is 84.6 cm³/mol. The van der Waals surface area contributed by atoms with E-state index in [4.69, 9.17) is 4.52 Å². The molecule has 4 aromatic rings. The highest BCUT2D eigenvalue weighted by Crippen LogP contribution is 2.32. The molecule has 0 aliphatic rings. The van der Waals surface area contributed by atoms with Crippen LogP contribution in [0.3, 0.4) is 0 Å². The van der Waals surface area contributed by atoms with Crippen LogP contribution in [0, 0.1) is 10.1 Å². The van der Waals surface area contributed by atoms with Crippen LogP contribution in [0.2, 0.25) is 0 Å². The Bertz CT molecular complexity index is 1010. The summed E-state index contributed by atoms with van der Waals surface area (Å²) in [6, 6.07) is 6.55. The van der Waals surface area contributed by atoms with E-state index in [2.05, 4.69) is 20.1 Å². The van der Waals surface area contributed by atoms with Crippen molar-refractivity contribution in [3.05, 3.63) is 59.3 Å². The van der Waals surface area contributed by atoms with Crippen molar-refractivity contribution in [1.29, 1.82) is 0 Å². The van der Waals surface area contributed by atoms with Crippen LogP contribution in [-0.4, -0.2) is 29.6 Å². The van der Waals surface area contributed by atoms with Crippen molar-refractivity contribution in [3.63, 3.8) is 0 Å². The number of nitro groups is 1. The molecule has 0 radical (unpaired) electrons. The van der Waals surface area contributed by atoms with Gasteiger partial charge >= 0.3 is 5.00 Å². The van der Waals surface area contributed by atoms with Gasteiger partial charge < -0.3 is 4.52 Å². The number of aromatic nitrogens is 5. The van der Waals surface area contributed by atoms with Crippen molar-refractivity contribution in [2.24, 2.45) is 0 Å². The van der Waals surface area contributed by atoms with Crippen molar-refractivity contribution in [2.75, 3.05) is 0 Å². The molecule has 0 saturated carbocycles. The minimum absolute atomic E-state index is 0.0241. The summed E-state index contributed by atoms with van der Waals surface area (Å²) in [4.78, 5) is 23.4. The predicted octanol–water partition coefficient (Wildman–Crippen LogP) is 2.95. The van der Waals surface area contributed by atoms with E-state index >= 15 is 0 Å². The van der Waals surface area contributed by atoms with Crippen LogP contribution in [0.5, 0.6) is 0 Å². The molecule has 0 amide bonds. The lowest BCUT2D eigenvalue weighted by atomic mass is 10.2. The van der Waals surface area contributed by atoms with Crippen LogP contribution in [0.4, 0.5) is 5.00 Å². The summed E-state index contributed by atoms with van der Waals surface area (Å²) >= 11 is 0.984. The third-order valence-electron chi connectivity index (χ3n) is 3.18. The lowest BCUT2D eigenvalue weighted by Crippen LogP contribution is -1.94. The number of hydrogen-bond acceptors (Lipinski definition) is 8. The number of pyridine rings is 1. The molecule has 0 spiro atoms. The van der Waals surface area contributed by atoms with E-state index in [1.54, 1.807) is 47.7 Å². The second-order valence-electron chi connectivity index (χ2n) is 4.69. The van der Waals surface area contributed by atoms with Gasteiger partial charge in [-0.3, -0.25) is 14.7 Å². The van der Waals surface area contributed by atoms with Gasteiger partial charge in [0.15, 0.2) is 0 Å². The molecule has 4 aromatic heterocycles. The van der Waals surface area contributed by atoms with Crippen molar-refractivity contribution in [2.45, 2.75) is 0 Å². The molecule has 0 unspecified atom stereocenters. The van der Waals surface area contributed by atoms with Crippen molar-refractivity contribution >= 4 is 16.3 Å². The quantitative estimate of drug-likeness (QED) is 0.414. The normalized spacial score (nSPS) is 10.8. The van der Waals surface area contributed by atoms with E-state index < -0.39 is 4.92 Å². The fraction of sp³-hybridized carbons (Fsp3) is 0. The Hall–Kier alpha value is -3.40. The average Bonchev–Trinajstić information content (AvgIpc) is 3.34. The van der Waals surface area contributed by atoms with Crippen LogP contribution < -0.4 is 0 Å². The molecule has 0 aliphatic carbocycles. The molecule has 0 aromatic carbocycles. The summed E-state index contributed by atoms with van der Waals surface area (Å²) in [6.45, 7) is 0. The second kappa shape index (κ2) is 5.66. The topological polar surface area (TPSA) is 113 Å². The van der Waals surface area contributed by atoms with Gasteiger partial charge in [0, 0.05) is 30.2 Å². The molecule has 0 aliphatic heterocycles. The Balaban J connectivity index is 1.67. The Morgan fingerprint density at radius 2 is 2.17 bits per heavy atom. The van der Waals surface area contributed by atoms with Gasteiger partial charge in [-0.2, -0.15) is 4.98 Å². The van der Waals surface area contributed by atoms with E-state index in [0.717, 1.165) is 16.9 Å². The zero-order chi connectivity index (χ0) is 16.5. The standard InChI is InChI=1S/C14H8N6O3S/c21-20(22)12-2-1-10(24-12)14-17-13(18-23-14)9-3-4-16-11(7-9)19-6-5-15-8-19/h1-8H. The van der Waals surface area contributed by atoms with Crippen molar-refractivity contribution in [1.82, 2.24) is 24.7 Å². The molecule has 9 nitrogen and oxygen atoms in total.